The molecular formula is C14H21N3O2. The molecule has 0 saturated heterocycles. The molecule has 5 heteroatoms. The van der Waals surface area contributed by atoms with Gasteiger partial charge in [0, 0.05) is 18.6 Å². The molecule has 19 heavy (non-hydrogen) atoms. The molecule has 0 bridgehead atoms. The molecule has 0 aliphatic heterocycles. The molecule has 1 aliphatic carbocycles. The number of aromatic nitrogens is 1. The summed E-state index contributed by atoms with van der Waals surface area (Å²) in [5, 5.41) is 6.17. The lowest BCUT2D eigenvalue weighted by Crippen LogP contribution is -2.34. The fourth-order valence-corrected chi connectivity index (χ4v) is 1.65. The maximum Gasteiger partial charge on any atom is 0.258 e. The van der Waals surface area contributed by atoms with Crippen LogP contribution in [-0.4, -0.2) is 29.6 Å². The van der Waals surface area contributed by atoms with Gasteiger partial charge in [0.15, 0.2) is 6.61 Å². The van der Waals surface area contributed by atoms with Gasteiger partial charge in [-0.3, -0.25) is 9.78 Å². The van der Waals surface area contributed by atoms with Gasteiger partial charge in [0.1, 0.15) is 5.75 Å². The van der Waals surface area contributed by atoms with Crippen molar-refractivity contribution in [3.63, 3.8) is 0 Å². The Balaban J connectivity index is 1.72. The van der Waals surface area contributed by atoms with Crippen molar-refractivity contribution in [3.05, 3.63) is 24.0 Å². The van der Waals surface area contributed by atoms with Crippen LogP contribution >= 0.6 is 0 Å². The Morgan fingerprint density at radius 2 is 2.26 bits per heavy atom. The van der Waals surface area contributed by atoms with Crippen LogP contribution in [0.3, 0.4) is 0 Å². The summed E-state index contributed by atoms with van der Waals surface area (Å²) in [4.78, 5) is 15.7. The van der Waals surface area contributed by atoms with E-state index in [1.807, 2.05) is 26.0 Å². The lowest BCUT2D eigenvalue weighted by atomic mass is 10.3. The SMILES string of the molecule is CC(C)NC(=O)COc1ccc(CNC2CC2)nc1. The monoisotopic (exact) mass is 263 g/mol. The Morgan fingerprint density at radius 3 is 2.84 bits per heavy atom. The summed E-state index contributed by atoms with van der Waals surface area (Å²) in [6, 6.07) is 4.58. The lowest BCUT2D eigenvalue weighted by molar-refractivity contribution is -0.123. The van der Waals surface area contributed by atoms with E-state index in [2.05, 4.69) is 15.6 Å². The van der Waals surface area contributed by atoms with E-state index in [0.29, 0.717) is 11.8 Å². The Bertz CT molecular complexity index is 413. The maximum absolute atomic E-state index is 11.4. The minimum atomic E-state index is -0.116. The van der Waals surface area contributed by atoms with Crippen LogP contribution in [0.2, 0.25) is 0 Å². The zero-order chi connectivity index (χ0) is 13.7. The van der Waals surface area contributed by atoms with E-state index in [9.17, 15) is 4.79 Å². The van der Waals surface area contributed by atoms with Crippen molar-refractivity contribution in [2.24, 2.45) is 0 Å². The lowest BCUT2D eigenvalue weighted by Gasteiger charge is -2.09. The van der Waals surface area contributed by atoms with Crippen molar-refractivity contribution in [2.75, 3.05) is 6.61 Å². The molecular weight excluding hydrogens is 242 g/mol. The highest BCUT2D eigenvalue weighted by atomic mass is 16.5. The summed E-state index contributed by atoms with van der Waals surface area (Å²) in [6.07, 6.45) is 4.20. The average Bonchev–Trinajstić information content (AvgIpc) is 3.18. The number of amides is 1. The summed E-state index contributed by atoms with van der Waals surface area (Å²) in [7, 11) is 0. The summed E-state index contributed by atoms with van der Waals surface area (Å²) < 4.78 is 5.37. The van der Waals surface area contributed by atoms with E-state index in [1.54, 1.807) is 6.20 Å². The molecule has 5 nitrogen and oxygen atoms in total. The van der Waals surface area contributed by atoms with Crippen LogP contribution in [0.25, 0.3) is 0 Å². The van der Waals surface area contributed by atoms with E-state index in [4.69, 9.17) is 4.74 Å². The van der Waals surface area contributed by atoms with Crippen molar-refractivity contribution in [1.29, 1.82) is 0 Å². The van der Waals surface area contributed by atoms with Gasteiger partial charge in [0.05, 0.1) is 11.9 Å². The Labute approximate surface area is 113 Å². The third-order valence-corrected chi connectivity index (χ3v) is 2.77. The predicted molar refractivity (Wildman–Crippen MR) is 72.9 cm³/mol. The van der Waals surface area contributed by atoms with Gasteiger partial charge in [0.2, 0.25) is 0 Å². The van der Waals surface area contributed by atoms with Gasteiger partial charge in [-0.15, -0.1) is 0 Å². The smallest absolute Gasteiger partial charge is 0.258 e. The van der Waals surface area contributed by atoms with Crippen LogP contribution in [0.15, 0.2) is 18.3 Å². The average molecular weight is 263 g/mol. The minimum Gasteiger partial charge on any atom is -0.482 e. The second-order valence-electron chi connectivity index (χ2n) is 5.15. The molecule has 0 radical (unpaired) electrons. The predicted octanol–water partition coefficient (Wildman–Crippen LogP) is 1.24. The van der Waals surface area contributed by atoms with Crippen molar-refractivity contribution in [1.82, 2.24) is 15.6 Å². The molecule has 1 aromatic rings. The first-order chi connectivity index (χ1) is 9.13. The summed E-state index contributed by atoms with van der Waals surface area (Å²) >= 11 is 0. The number of carbonyl (C=O) groups is 1. The largest absolute Gasteiger partial charge is 0.482 e. The van der Waals surface area contributed by atoms with Gasteiger partial charge in [-0.25, -0.2) is 0 Å². The molecule has 0 unspecified atom stereocenters. The fourth-order valence-electron chi connectivity index (χ4n) is 1.65. The van der Waals surface area contributed by atoms with Gasteiger partial charge >= 0.3 is 0 Å². The molecule has 1 aromatic heterocycles. The van der Waals surface area contributed by atoms with E-state index >= 15 is 0 Å². The van der Waals surface area contributed by atoms with Crippen molar-refractivity contribution < 1.29 is 9.53 Å². The van der Waals surface area contributed by atoms with Gasteiger partial charge < -0.3 is 15.4 Å². The van der Waals surface area contributed by atoms with E-state index in [-0.39, 0.29) is 18.6 Å². The molecule has 2 N–H and O–H groups in total. The zero-order valence-corrected chi connectivity index (χ0v) is 11.5. The molecule has 104 valence electrons. The van der Waals surface area contributed by atoms with Gasteiger partial charge in [-0.2, -0.15) is 0 Å². The Morgan fingerprint density at radius 1 is 1.47 bits per heavy atom. The Kier molecular flexibility index (Phi) is 4.74. The van der Waals surface area contributed by atoms with Crippen molar-refractivity contribution in [3.8, 4) is 5.75 Å². The number of nitrogens with zero attached hydrogens (tertiary/aromatic N) is 1. The standard InChI is InChI=1S/C14H21N3O2/c1-10(2)17-14(18)9-19-13-6-5-12(16-8-13)7-15-11-3-4-11/h5-6,8,10-11,15H,3-4,7,9H2,1-2H3,(H,17,18). The molecule has 1 aliphatic rings. The van der Waals surface area contributed by atoms with Crippen LogP contribution in [0.5, 0.6) is 5.75 Å². The third kappa shape index (κ3) is 5.26. The summed E-state index contributed by atoms with van der Waals surface area (Å²) in [5.74, 6) is 0.503. The highest BCUT2D eigenvalue weighted by molar-refractivity contribution is 5.77. The van der Waals surface area contributed by atoms with E-state index in [0.717, 1.165) is 12.2 Å². The van der Waals surface area contributed by atoms with Crippen LogP contribution in [0.1, 0.15) is 32.4 Å². The quantitative estimate of drug-likeness (QED) is 0.777. The molecule has 0 spiro atoms. The topological polar surface area (TPSA) is 63.2 Å². The number of hydrogen-bond acceptors (Lipinski definition) is 4. The molecule has 1 saturated carbocycles. The van der Waals surface area contributed by atoms with E-state index < -0.39 is 0 Å². The second-order valence-corrected chi connectivity index (χ2v) is 5.15. The normalized spacial score (nSPS) is 14.5. The molecule has 1 heterocycles. The molecule has 2 rings (SSSR count). The molecule has 1 amide bonds. The summed E-state index contributed by atoms with van der Waals surface area (Å²) in [6.45, 7) is 4.65. The second kappa shape index (κ2) is 6.52. The number of pyridine rings is 1. The summed E-state index contributed by atoms with van der Waals surface area (Å²) in [5.41, 5.74) is 0.992. The first-order valence-electron chi connectivity index (χ1n) is 6.74. The van der Waals surface area contributed by atoms with E-state index in [1.165, 1.54) is 12.8 Å². The molecule has 0 atom stereocenters. The highest BCUT2D eigenvalue weighted by Crippen LogP contribution is 2.19. The van der Waals surface area contributed by atoms with Crippen LogP contribution < -0.4 is 15.4 Å². The van der Waals surface area contributed by atoms with Gasteiger partial charge in [-0.1, -0.05) is 0 Å². The zero-order valence-electron chi connectivity index (χ0n) is 11.5. The van der Waals surface area contributed by atoms with Crippen molar-refractivity contribution in [2.45, 2.75) is 45.3 Å². The number of carbonyl (C=O) groups excluding carboxylic acids is 1. The highest BCUT2D eigenvalue weighted by Gasteiger charge is 2.20. The van der Waals surface area contributed by atoms with Crippen LogP contribution in [0.4, 0.5) is 0 Å². The fraction of sp³-hybridized carbons (Fsp3) is 0.571. The van der Waals surface area contributed by atoms with Gasteiger partial charge in [0.25, 0.3) is 5.91 Å². The number of nitrogens with one attached hydrogen (secondary N) is 2. The number of ether oxygens (including phenoxy) is 1. The number of hydrogen-bond donors (Lipinski definition) is 2. The Hall–Kier alpha value is -1.62. The number of rotatable bonds is 7. The molecule has 1 fully saturated rings. The molecule has 0 aromatic carbocycles. The first-order valence-corrected chi connectivity index (χ1v) is 6.74. The van der Waals surface area contributed by atoms with Crippen LogP contribution in [0, 0.1) is 0 Å². The van der Waals surface area contributed by atoms with Gasteiger partial charge in [-0.05, 0) is 38.8 Å². The van der Waals surface area contributed by atoms with Crippen molar-refractivity contribution >= 4 is 5.91 Å². The minimum absolute atomic E-state index is 0.0273. The third-order valence-electron chi connectivity index (χ3n) is 2.77. The van der Waals surface area contributed by atoms with Crippen LogP contribution in [-0.2, 0) is 11.3 Å². The first kappa shape index (κ1) is 13.8. The maximum atomic E-state index is 11.4.